The second-order valence-electron chi connectivity index (χ2n) is 3.49. The van der Waals surface area contributed by atoms with Crippen molar-refractivity contribution in [3.8, 4) is 0 Å². The number of fused-ring (bicyclic) bond motifs is 1. The van der Waals surface area contributed by atoms with Crippen LogP contribution in [0.3, 0.4) is 0 Å². The maximum Gasteiger partial charge on any atom is 0.359 e. The van der Waals surface area contributed by atoms with Gasteiger partial charge in [0.25, 0.3) is 0 Å². The number of aromatic nitrogens is 2. The van der Waals surface area contributed by atoms with Gasteiger partial charge in [-0.25, -0.2) is 4.79 Å². The Labute approximate surface area is 85.2 Å². The number of nitrogens with one attached hydrogen (secondary N) is 1. The largest absolute Gasteiger partial charge is 0.406 e. The van der Waals surface area contributed by atoms with Gasteiger partial charge in [0, 0.05) is 0 Å². The van der Waals surface area contributed by atoms with Crippen LogP contribution in [0.4, 0.5) is 0 Å². The summed E-state index contributed by atoms with van der Waals surface area (Å²) in [5.41, 5.74) is 1.28. The fourth-order valence-corrected chi connectivity index (χ4v) is 1.48. The molecule has 1 aliphatic heterocycles. The molecule has 2 heterocycles. The molecule has 1 fully saturated rings. The Bertz CT molecular complexity index is 539. The first-order valence-corrected chi connectivity index (χ1v) is 4.79. The Hall–Kier alpha value is -1.75. The summed E-state index contributed by atoms with van der Waals surface area (Å²) in [6.45, 7) is 1.14. The van der Waals surface area contributed by atoms with Gasteiger partial charge >= 0.3 is 5.69 Å². The van der Waals surface area contributed by atoms with E-state index in [4.69, 9.17) is 9.57 Å². The summed E-state index contributed by atoms with van der Waals surface area (Å²) in [7, 11) is 0. The van der Waals surface area contributed by atoms with E-state index in [2.05, 4.69) is 4.98 Å². The van der Waals surface area contributed by atoms with Crippen LogP contribution in [-0.4, -0.2) is 29.0 Å². The lowest BCUT2D eigenvalue weighted by Crippen LogP contribution is -2.26. The van der Waals surface area contributed by atoms with E-state index in [1.807, 2.05) is 24.3 Å². The van der Waals surface area contributed by atoms with Crippen molar-refractivity contribution < 1.29 is 9.57 Å². The van der Waals surface area contributed by atoms with E-state index in [9.17, 15) is 4.79 Å². The summed E-state index contributed by atoms with van der Waals surface area (Å²) in [6, 6.07) is 7.40. The minimum Gasteiger partial charge on any atom is -0.406 e. The summed E-state index contributed by atoms with van der Waals surface area (Å²) in [5, 5.41) is 0. The fourth-order valence-electron chi connectivity index (χ4n) is 1.48. The molecule has 0 amide bonds. The van der Waals surface area contributed by atoms with Crippen LogP contribution in [0.15, 0.2) is 29.1 Å². The molecule has 5 heteroatoms. The molecule has 0 unspecified atom stereocenters. The Morgan fingerprint density at radius 1 is 1.53 bits per heavy atom. The minimum atomic E-state index is -0.253. The minimum absolute atomic E-state index is 0.144. The van der Waals surface area contributed by atoms with Crippen molar-refractivity contribution in [2.45, 2.75) is 6.10 Å². The van der Waals surface area contributed by atoms with Crippen molar-refractivity contribution >= 4 is 11.0 Å². The molecular weight excluding hydrogens is 196 g/mol. The highest BCUT2D eigenvalue weighted by atomic mass is 16.7. The van der Waals surface area contributed by atoms with Crippen LogP contribution in [0.1, 0.15) is 0 Å². The summed E-state index contributed by atoms with van der Waals surface area (Å²) < 4.78 is 6.28. The summed E-state index contributed by atoms with van der Waals surface area (Å²) >= 11 is 0. The first-order chi connectivity index (χ1) is 7.34. The highest BCUT2D eigenvalue weighted by Crippen LogP contribution is 2.10. The molecule has 1 saturated heterocycles. The molecule has 5 nitrogen and oxygen atoms in total. The smallest absolute Gasteiger partial charge is 0.359 e. The van der Waals surface area contributed by atoms with Gasteiger partial charge in [-0.2, -0.15) is 0 Å². The average molecular weight is 206 g/mol. The number of aromatic amines is 1. The lowest BCUT2D eigenvalue weighted by atomic mass is 10.3. The molecule has 1 N–H and O–H groups in total. The highest BCUT2D eigenvalue weighted by Gasteiger charge is 2.24. The van der Waals surface area contributed by atoms with E-state index in [1.54, 1.807) is 0 Å². The highest BCUT2D eigenvalue weighted by molar-refractivity contribution is 5.74. The molecule has 0 aliphatic carbocycles. The van der Waals surface area contributed by atoms with Crippen LogP contribution in [-0.2, 0) is 4.74 Å². The van der Waals surface area contributed by atoms with E-state index in [-0.39, 0.29) is 11.8 Å². The van der Waals surface area contributed by atoms with Gasteiger partial charge in [0.1, 0.15) is 18.2 Å². The van der Waals surface area contributed by atoms with E-state index in [0.29, 0.717) is 6.61 Å². The molecule has 78 valence electrons. The maximum absolute atomic E-state index is 11.5. The molecule has 1 aliphatic rings. The Kier molecular flexibility index (Phi) is 1.78. The van der Waals surface area contributed by atoms with Crippen LogP contribution in [0.5, 0.6) is 0 Å². The van der Waals surface area contributed by atoms with Crippen molar-refractivity contribution in [3.05, 3.63) is 34.7 Å². The van der Waals surface area contributed by atoms with Crippen LogP contribution >= 0.6 is 0 Å². The molecule has 3 rings (SSSR count). The standard InChI is InChI=1S/C10H10N2O3/c13-10-11-8-3-1-2-4-9(8)12(10)15-6-7-5-14-7/h1-4,7H,5-6H2,(H,11,13)/t7-/m0/s1. The first-order valence-electron chi connectivity index (χ1n) is 4.79. The predicted molar refractivity (Wildman–Crippen MR) is 53.7 cm³/mol. The summed E-state index contributed by atoms with van der Waals surface area (Å²) in [4.78, 5) is 19.6. The zero-order valence-corrected chi connectivity index (χ0v) is 7.97. The zero-order chi connectivity index (χ0) is 10.3. The molecule has 1 aromatic heterocycles. The van der Waals surface area contributed by atoms with Crippen molar-refractivity contribution in [2.24, 2.45) is 0 Å². The molecule has 0 bridgehead atoms. The zero-order valence-electron chi connectivity index (χ0n) is 7.97. The number of nitrogens with zero attached hydrogens (tertiary/aromatic N) is 1. The number of hydrogen-bond donors (Lipinski definition) is 1. The van der Waals surface area contributed by atoms with Crippen LogP contribution in [0.2, 0.25) is 0 Å². The predicted octanol–water partition coefficient (Wildman–Crippen LogP) is 0.157. The average Bonchev–Trinajstić information content (AvgIpc) is 3.00. The molecule has 0 spiro atoms. The number of ether oxygens (including phenoxy) is 1. The van der Waals surface area contributed by atoms with Crippen LogP contribution in [0, 0.1) is 0 Å². The lowest BCUT2D eigenvalue weighted by Gasteiger charge is -2.03. The van der Waals surface area contributed by atoms with Gasteiger partial charge in [-0.15, -0.1) is 4.73 Å². The number of benzene rings is 1. The van der Waals surface area contributed by atoms with E-state index < -0.39 is 0 Å². The summed E-state index contributed by atoms with van der Waals surface area (Å²) in [5.74, 6) is 0. The lowest BCUT2D eigenvalue weighted by molar-refractivity contribution is 0.0969. The van der Waals surface area contributed by atoms with Gasteiger partial charge in [0.2, 0.25) is 0 Å². The third kappa shape index (κ3) is 1.50. The molecule has 0 radical (unpaired) electrons. The molecule has 2 aromatic rings. The quantitative estimate of drug-likeness (QED) is 0.727. The van der Waals surface area contributed by atoms with E-state index >= 15 is 0 Å². The SMILES string of the molecule is O=c1[nH]c2ccccc2n1OC[C@@H]1CO1. The van der Waals surface area contributed by atoms with Gasteiger partial charge in [0.15, 0.2) is 0 Å². The van der Waals surface area contributed by atoms with Gasteiger partial charge in [-0.05, 0) is 12.1 Å². The third-order valence-electron chi connectivity index (χ3n) is 2.34. The van der Waals surface area contributed by atoms with Gasteiger partial charge < -0.3 is 14.6 Å². The van der Waals surface area contributed by atoms with Gasteiger partial charge in [0.05, 0.1) is 12.1 Å². The Balaban J connectivity index is 1.99. The molecule has 0 saturated carbocycles. The topological polar surface area (TPSA) is 59.5 Å². The number of para-hydroxylation sites is 2. The Morgan fingerprint density at radius 2 is 2.33 bits per heavy atom. The van der Waals surface area contributed by atoms with Crippen LogP contribution < -0.4 is 10.5 Å². The second-order valence-corrected chi connectivity index (χ2v) is 3.49. The first kappa shape index (κ1) is 8.55. The number of epoxide rings is 1. The van der Waals surface area contributed by atoms with Crippen LogP contribution in [0.25, 0.3) is 11.0 Å². The number of H-pyrrole nitrogens is 1. The number of hydrogen-bond acceptors (Lipinski definition) is 3. The molecule has 15 heavy (non-hydrogen) atoms. The number of rotatable bonds is 3. The molecule has 1 atom stereocenters. The third-order valence-corrected chi connectivity index (χ3v) is 2.34. The van der Waals surface area contributed by atoms with Crippen molar-refractivity contribution in [3.63, 3.8) is 0 Å². The van der Waals surface area contributed by atoms with Gasteiger partial charge in [-0.3, -0.25) is 0 Å². The number of imidazole rings is 1. The molecule has 1 aromatic carbocycles. The maximum atomic E-state index is 11.5. The fraction of sp³-hybridized carbons (Fsp3) is 0.300. The molecular formula is C10H10N2O3. The monoisotopic (exact) mass is 206 g/mol. The van der Waals surface area contributed by atoms with Crippen molar-refractivity contribution in [1.82, 2.24) is 9.71 Å². The second kappa shape index (κ2) is 3.13. The van der Waals surface area contributed by atoms with E-state index in [1.165, 1.54) is 4.73 Å². The van der Waals surface area contributed by atoms with Crippen molar-refractivity contribution in [1.29, 1.82) is 0 Å². The normalized spacial score (nSPS) is 19.3. The van der Waals surface area contributed by atoms with Crippen molar-refractivity contribution in [2.75, 3.05) is 13.2 Å². The van der Waals surface area contributed by atoms with E-state index in [0.717, 1.165) is 17.6 Å². The summed E-state index contributed by atoms with van der Waals surface area (Å²) in [6.07, 6.45) is 0.144. The van der Waals surface area contributed by atoms with Gasteiger partial charge in [-0.1, -0.05) is 12.1 Å². The Morgan fingerprint density at radius 3 is 3.13 bits per heavy atom.